The van der Waals surface area contributed by atoms with E-state index >= 15 is 0 Å². The van der Waals surface area contributed by atoms with E-state index in [0.29, 0.717) is 0 Å². The Morgan fingerprint density at radius 2 is 2.31 bits per heavy atom. The summed E-state index contributed by atoms with van der Waals surface area (Å²) in [5, 5.41) is 4.47. The molecule has 1 aliphatic rings. The van der Waals surface area contributed by atoms with Gasteiger partial charge in [-0.2, -0.15) is 11.8 Å². The fourth-order valence-electron chi connectivity index (χ4n) is 2.27. The molecule has 1 fully saturated rings. The molecule has 1 aromatic carbocycles. The van der Waals surface area contributed by atoms with Crippen LogP contribution in [0.5, 0.6) is 0 Å². The molecule has 16 heavy (non-hydrogen) atoms. The zero-order chi connectivity index (χ0) is 11.4. The second-order valence-corrected chi connectivity index (χ2v) is 6.15. The molecule has 0 saturated carbocycles. The van der Waals surface area contributed by atoms with E-state index in [9.17, 15) is 0 Å². The van der Waals surface area contributed by atoms with Crippen LogP contribution in [0.15, 0.2) is 24.3 Å². The van der Waals surface area contributed by atoms with E-state index in [2.05, 4.69) is 55.2 Å². The van der Waals surface area contributed by atoms with Crippen molar-refractivity contribution in [1.82, 2.24) is 5.32 Å². The summed E-state index contributed by atoms with van der Waals surface area (Å²) in [4.78, 5) is 0. The SMILES string of the molecule is Cc1cccc(CCNC2CCSC2C)c1. The predicted octanol–water partition coefficient (Wildman–Crippen LogP) is 3.02. The average molecular weight is 235 g/mol. The van der Waals surface area contributed by atoms with E-state index in [-0.39, 0.29) is 0 Å². The topological polar surface area (TPSA) is 12.0 Å². The Bertz CT molecular complexity index is 337. The van der Waals surface area contributed by atoms with Gasteiger partial charge < -0.3 is 5.32 Å². The molecule has 0 amide bonds. The number of aryl methyl sites for hydroxylation is 1. The Kier molecular flexibility index (Phi) is 4.30. The van der Waals surface area contributed by atoms with Crippen LogP contribution in [0, 0.1) is 6.92 Å². The Morgan fingerprint density at radius 3 is 3.00 bits per heavy atom. The zero-order valence-electron chi connectivity index (χ0n) is 10.2. The van der Waals surface area contributed by atoms with Gasteiger partial charge in [0.15, 0.2) is 0 Å². The molecular weight excluding hydrogens is 214 g/mol. The predicted molar refractivity (Wildman–Crippen MR) is 73.2 cm³/mol. The second kappa shape index (κ2) is 5.74. The van der Waals surface area contributed by atoms with Crippen molar-refractivity contribution in [3.05, 3.63) is 35.4 Å². The van der Waals surface area contributed by atoms with Crippen LogP contribution in [0.1, 0.15) is 24.5 Å². The highest BCUT2D eigenvalue weighted by Gasteiger charge is 2.22. The maximum absolute atomic E-state index is 3.68. The van der Waals surface area contributed by atoms with Crippen molar-refractivity contribution in [2.45, 2.75) is 38.0 Å². The molecule has 1 heterocycles. The molecule has 88 valence electrons. The van der Waals surface area contributed by atoms with Gasteiger partial charge in [-0.1, -0.05) is 36.8 Å². The molecule has 1 aliphatic heterocycles. The highest BCUT2D eigenvalue weighted by molar-refractivity contribution is 8.00. The quantitative estimate of drug-likeness (QED) is 0.861. The van der Waals surface area contributed by atoms with Gasteiger partial charge in [-0.05, 0) is 37.6 Å². The summed E-state index contributed by atoms with van der Waals surface area (Å²) < 4.78 is 0. The Labute approximate surface area is 103 Å². The number of rotatable bonds is 4. The van der Waals surface area contributed by atoms with Crippen LogP contribution < -0.4 is 5.32 Å². The molecule has 1 aromatic rings. The third-order valence-electron chi connectivity index (χ3n) is 3.28. The third-order valence-corrected chi connectivity index (χ3v) is 4.60. The number of hydrogen-bond donors (Lipinski definition) is 1. The lowest BCUT2D eigenvalue weighted by Gasteiger charge is -2.16. The third kappa shape index (κ3) is 3.26. The van der Waals surface area contributed by atoms with Crippen LogP contribution in [0.2, 0.25) is 0 Å². The standard InChI is InChI=1S/C14H21NS/c1-11-4-3-5-13(10-11)6-8-15-14-7-9-16-12(14)2/h3-5,10,12,14-15H,6-9H2,1-2H3. The Morgan fingerprint density at radius 1 is 1.44 bits per heavy atom. The smallest absolute Gasteiger partial charge is 0.0191 e. The first kappa shape index (κ1) is 12.0. The lowest BCUT2D eigenvalue weighted by atomic mass is 10.1. The summed E-state index contributed by atoms with van der Waals surface area (Å²) in [5.74, 6) is 1.32. The first-order valence-corrected chi connectivity index (χ1v) is 7.21. The first-order valence-electron chi connectivity index (χ1n) is 6.16. The van der Waals surface area contributed by atoms with E-state index in [1.165, 1.54) is 23.3 Å². The van der Waals surface area contributed by atoms with Crippen LogP contribution in [0.25, 0.3) is 0 Å². The molecule has 2 rings (SSSR count). The van der Waals surface area contributed by atoms with Crippen molar-refractivity contribution in [2.75, 3.05) is 12.3 Å². The molecular formula is C14H21NS. The van der Waals surface area contributed by atoms with Gasteiger partial charge in [-0.15, -0.1) is 0 Å². The molecule has 0 aliphatic carbocycles. The Hall–Kier alpha value is -0.470. The van der Waals surface area contributed by atoms with Gasteiger partial charge in [0.25, 0.3) is 0 Å². The summed E-state index contributed by atoms with van der Waals surface area (Å²) in [6.07, 6.45) is 2.48. The summed E-state index contributed by atoms with van der Waals surface area (Å²) in [7, 11) is 0. The molecule has 2 unspecified atom stereocenters. The minimum Gasteiger partial charge on any atom is -0.313 e. The van der Waals surface area contributed by atoms with E-state index in [0.717, 1.165) is 24.3 Å². The number of hydrogen-bond acceptors (Lipinski definition) is 2. The highest BCUT2D eigenvalue weighted by Crippen LogP contribution is 2.25. The van der Waals surface area contributed by atoms with Gasteiger partial charge in [0.05, 0.1) is 0 Å². The molecule has 0 spiro atoms. The van der Waals surface area contributed by atoms with Crippen molar-refractivity contribution >= 4 is 11.8 Å². The van der Waals surface area contributed by atoms with Crippen molar-refractivity contribution < 1.29 is 0 Å². The molecule has 0 aromatic heterocycles. The maximum atomic E-state index is 3.68. The normalized spacial score (nSPS) is 24.9. The van der Waals surface area contributed by atoms with Gasteiger partial charge in [0.1, 0.15) is 0 Å². The number of benzene rings is 1. The van der Waals surface area contributed by atoms with Crippen molar-refractivity contribution in [2.24, 2.45) is 0 Å². The summed E-state index contributed by atoms with van der Waals surface area (Å²) in [5.41, 5.74) is 2.81. The average Bonchev–Trinajstić information content (AvgIpc) is 2.65. The van der Waals surface area contributed by atoms with E-state index in [4.69, 9.17) is 0 Å². The Balaban J connectivity index is 1.75. The fourth-order valence-corrected chi connectivity index (χ4v) is 3.50. The minimum absolute atomic E-state index is 0.731. The second-order valence-electron chi connectivity index (χ2n) is 4.66. The van der Waals surface area contributed by atoms with Crippen molar-refractivity contribution in [1.29, 1.82) is 0 Å². The first-order chi connectivity index (χ1) is 7.75. The lowest BCUT2D eigenvalue weighted by molar-refractivity contribution is 0.516. The van der Waals surface area contributed by atoms with Crippen LogP contribution in [0.4, 0.5) is 0 Å². The number of nitrogens with one attached hydrogen (secondary N) is 1. The summed E-state index contributed by atoms with van der Waals surface area (Å²) >= 11 is 2.09. The van der Waals surface area contributed by atoms with Gasteiger partial charge in [0.2, 0.25) is 0 Å². The van der Waals surface area contributed by atoms with Crippen LogP contribution in [0.3, 0.4) is 0 Å². The zero-order valence-corrected chi connectivity index (χ0v) is 11.0. The van der Waals surface area contributed by atoms with Gasteiger partial charge >= 0.3 is 0 Å². The molecule has 2 atom stereocenters. The monoisotopic (exact) mass is 235 g/mol. The fraction of sp³-hybridized carbons (Fsp3) is 0.571. The van der Waals surface area contributed by atoms with E-state index in [1.807, 2.05) is 0 Å². The minimum atomic E-state index is 0.731. The van der Waals surface area contributed by atoms with Crippen LogP contribution in [-0.2, 0) is 6.42 Å². The maximum Gasteiger partial charge on any atom is 0.0191 e. The van der Waals surface area contributed by atoms with Crippen LogP contribution in [-0.4, -0.2) is 23.6 Å². The molecule has 0 bridgehead atoms. The van der Waals surface area contributed by atoms with Crippen LogP contribution >= 0.6 is 11.8 Å². The molecule has 2 heteroatoms. The molecule has 1 saturated heterocycles. The lowest BCUT2D eigenvalue weighted by Crippen LogP contribution is -2.34. The van der Waals surface area contributed by atoms with Crippen molar-refractivity contribution in [3.8, 4) is 0 Å². The van der Waals surface area contributed by atoms with Gasteiger partial charge in [-0.3, -0.25) is 0 Å². The van der Waals surface area contributed by atoms with E-state index < -0.39 is 0 Å². The van der Waals surface area contributed by atoms with Crippen molar-refractivity contribution in [3.63, 3.8) is 0 Å². The van der Waals surface area contributed by atoms with Gasteiger partial charge in [-0.25, -0.2) is 0 Å². The van der Waals surface area contributed by atoms with E-state index in [1.54, 1.807) is 0 Å². The molecule has 0 radical (unpaired) electrons. The highest BCUT2D eigenvalue weighted by atomic mass is 32.2. The number of thioether (sulfide) groups is 1. The van der Waals surface area contributed by atoms with Gasteiger partial charge in [0, 0.05) is 11.3 Å². The molecule has 1 N–H and O–H groups in total. The summed E-state index contributed by atoms with van der Waals surface area (Å²) in [6, 6.07) is 9.55. The molecule has 1 nitrogen and oxygen atoms in total. The summed E-state index contributed by atoms with van der Waals surface area (Å²) in [6.45, 7) is 5.60. The largest absolute Gasteiger partial charge is 0.313 e.